The van der Waals surface area contributed by atoms with Crippen molar-refractivity contribution in [2.75, 3.05) is 14.2 Å². The lowest BCUT2D eigenvalue weighted by Crippen LogP contribution is -2.55. The van der Waals surface area contributed by atoms with E-state index in [0.29, 0.717) is 6.04 Å². The second kappa shape index (κ2) is 6.10. The number of nitrogens with zero attached hydrogens (tertiary/aromatic N) is 2. The first kappa shape index (κ1) is 13.8. The van der Waals surface area contributed by atoms with Crippen LogP contribution in [0.2, 0.25) is 0 Å². The van der Waals surface area contributed by atoms with E-state index in [9.17, 15) is 0 Å². The predicted octanol–water partition coefficient (Wildman–Crippen LogP) is 2.20. The lowest BCUT2D eigenvalue weighted by Gasteiger charge is -2.49. The molecule has 3 rings (SSSR count). The molecule has 110 valence electrons. The van der Waals surface area contributed by atoms with Crippen molar-refractivity contribution in [3.8, 4) is 5.88 Å². The predicted molar refractivity (Wildman–Crippen MR) is 79.8 cm³/mol. The highest BCUT2D eigenvalue weighted by Crippen LogP contribution is 2.35. The molecule has 0 saturated carbocycles. The maximum absolute atomic E-state index is 5.23. The lowest BCUT2D eigenvalue weighted by atomic mass is 9.81. The summed E-state index contributed by atoms with van der Waals surface area (Å²) in [7, 11) is 3.78. The molecule has 4 nitrogen and oxygen atoms in total. The summed E-state index contributed by atoms with van der Waals surface area (Å²) in [5.74, 6) is 0.720. The molecule has 0 aromatic carbocycles. The Morgan fingerprint density at radius 3 is 2.75 bits per heavy atom. The van der Waals surface area contributed by atoms with E-state index in [4.69, 9.17) is 4.74 Å². The van der Waals surface area contributed by atoms with Gasteiger partial charge in [0.1, 0.15) is 0 Å². The highest BCUT2D eigenvalue weighted by molar-refractivity contribution is 5.20. The minimum Gasteiger partial charge on any atom is -0.481 e. The number of hydrogen-bond acceptors (Lipinski definition) is 4. The Hall–Kier alpha value is -1.13. The fourth-order valence-electron chi connectivity index (χ4n) is 3.84. The Balaban J connectivity index is 1.73. The van der Waals surface area contributed by atoms with Crippen LogP contribution in [0.4, 0.5) is 0 Å². The molecule has 2 aliphatic rings. The van der Waals surface area contributed by atoms with Crippen LogP contribution in [0.3, 0.4) is 0 Å². The van der Waals surface area contributed by atoms with E-state index in [1.165, 1.54) is 37.7 Å². The van der Waals surface area contributed by atoms with Crippen molar-refractivity contribution in [2.24, 2.45) is 0 Å². The highest BCUT2D eigenvalue weighted by Gasteiger charge is 2.37. The molecule has 20 heavy (non-hydrogen) atoms. The number of nitrogens with one attached hydrogen (secondary N) is 1. The summed E-state index contributed by atoms with van der Waals surface area (Å²) < 4.78 is 5.23. The van der Waals surface area contributed by atoms with Gasteiger partial charge in [-0.1, -0.05) is 6.42 Å². The van der Waals surface area contributed by atoms with E-state index < -0.39 is 0 Å². The van der Waals surface area contributed by atoms with Crippen LogP contribution in [0.1, 0.15) is 37.7 Å². The molecule has 0 radical (unpaired) electrons. The first-order valence-corrected chi connectivity index (χ1v) is 7.72. The molecule has 4 heteroatoms. The minimum atomic E-state index is 0.702. The first-order chi connectivity index (χ1) is 9.80. The maximum Gasteiger partial charge on any atom is 0.213 e. The molecule has 0 aliphatic carbocycles. The molecule has 1 N–H and O–H groups in total. The largest absolute Gasteiger partial charge is 0.481 e. The number of fused-ring (bicyclic) bond motifs is 2. The maximum atomic E-state index is 5.23. The van der Waals surface area contributed by atoms with Crippen molar-refractivity contribution < 1.29 is 4.74 Å². The van der Waals surface area contributed by atoms with Crippen LogP contribution in [-0.2, 0) is 6.54 Å². The summed E-state index contributed by atoms with van der Waals surface area (Å²) in [4.78, 5) is 6.91. The zero-order valence-corrected chi connectivity index (χ0v) is 12.5. The smallest absolute Gasteiger partial charge is 0.213 e. The van der Waals surface area contributed by atoms with Gasteiger partial charge in [-0.2, -0.15) is 0 Å². The van der Waals surface area contributed by atoms with Gasteiger partial charge in [-0.3, -0.25) is 4.90 Å². The van der Waals surface area contributed by atoms with E-state index in [1.54, 1.807) is 7.11 Å². The molecule has 1 aromatic rings. The van der Waals surface area contributed by atoms with Gasteiger partial charge in [0.05, 0.1) is 7.11 Å². The van der Waals surface area contributed by atoms with Crippen molar-refractivity contribution in [1.29, 1.82) is 0 Å². The lowest BCUT2D eigenvalue weighted by molar-refractivity contribution is 0.0190. The summed E-state index contributed by atoms with van der Waals surface area (Å²) in [6.45, 7) is 1.03. The molecule has 2 unspecified atom stereocenters. The van der Waals surface area contributed by atoms with Gasteiger partial charge < -0.3 is 10.1 Å². The summed E-state index contributed by atoms with van der Waals surface area (Å²) in [6.07, 6.45) is 8.50. The molecular weight excluding hydrogens is 250 g/mol. The second-order valence-corrected chi connectivity index (χ2v) is 6.07. The first-order valence-electron chi connectivity index (χ1n) is 7.72. The summed E-state index contributed by atoms with van der Waals surface area (Å²) in [6, 6.07) is 6.36. The Kier molecular flexibility index (Phi) is 4.22. The average molecular weight is 275 g/mol. The monoisotopic (exact) mass is 275 g/mol. The van der Waals surface area contributed by atoms with E-state index in [1.807, 2.05) is 6.20 Å². The average Bonchev–Trinajstić information content (AvgIpc) is 2.47. The zero-order valence-electron chi connectivity index (χ0n) is 12.5. The van der Waals surface area contributed by atoms with Gasteiger partial charge in [0.15, 0.2) is 0 Å². The van der Waals surface area contributed by atoms with Crippen LogP contribution in [0.25, 0.3) is 0 Å². The van der Waals surface area contributed by atoms with Gasteiger partial charge in [0, 0.05) is 36.9 Å². The number of rotatable bonds is 4. The third-order valence-corrected chi connectivity index (χ3v) is 4.91. The number of methoxy groups -OCH3 is 1. The number of hydrogen-bond donors (Lipinski definition) is 1. The van der Waals surface area contributed by atoms with Crippen LogP contribution < -0.4 is 10.1 Å². The summed E-state index contributed by atoms with van der Waals surface area (Å²) in [5.41, 5.74) is 1.32. The molecule has 2 aliphatic heterocycles. The van der Waals surface area contributed by atoms with Crippen LogP contribution >= 0.6 is 0 Å². The minimum absolute atomic E-state index is 0.702. The van der Waals surface area contributed by atoms with E-state index in [-0.39, 0.29) is 0 Å². The standard InChI is InChI=1S/C16H25N3O/c1-17-13-9-14-4-3-5-15(10-13)19(14)11-12-6-7-18-16(8-12)20-2/h6-8,13-15,17H,3-5,9-11H2,1-2H3. The quantitative estimate of drug-likeness (QED) is 0.914. The van der Waals surface area contributed by atoms with Crippen molar-refractivity contribution in [3.05, 3.63) is 23.9 Å². The Labute approximate surface area is 121 Å². The molecule has 2 atom stereocenters. The Morgan fingerprint density at radius 1 is 1.35 bits per heavy atom. The van der Waals surface area contributed by atoms with Crippen LogP contribution in [0.5, 0.6) is 5.88 Å². The van der Waals surface area contributed by atoms with E-state index in [2.05, 4.69) is 34.4 Å². The van der Waals surface area contributed by atoms with E-state index in [0.717, 1.165) is 24.5 Å². The van der Waals surface area contributed by atoms with Gasteiger partial charge in [0.25, 0.3) is 0 Å². The molecular formula is C16H25N3O. The molecule has 2 fully saturated rings. The summed E-state index contributed by atoms with van der Waals surface area (Å²) in [5, 5.41) is 3.48. The normalized spacial score (nSPS) is 30.2. The molecule has 2 bridgehead atoms. The topological polar surface area (TPSA) is 37.4 Å². The van der Waals surface area contributed by atoms with Crippen molar-refractivity contribution in [3.63, 3.8) is 0 Å². The zero-order chi connectivity index (χ0) is 13.9. The molecule has 0 spiro atoms. The number of aromatic nitrogens is 1. The fourth-order valence-corrected chi connectivity index (χ4v) is 3.84. The van der Waals surface area contributed by atoms with Crippen molar-refractivity contribution in [2.45, 2.75) is 56.8 Å². The van der Waals surface area contributed by atoms with Gasteiger partial charge >= 0.3 is 0 Å². The van der Waals surface area contributed by atoms with Crippen LogP contribution in [0.15, 0.2) is 18.3 Å². The van der Waals surface area contributed by atoms with E-state index >= 15 is 0 Å². The van der Waals surface area contributed by atoms with Gasteiger partial charge in [-0.25, -0.2) is 4.98 Å². The Bertz CT molecular complexity index is 437. The SMILES string of the molecule is CNC1CC2CCCC(C1)N2Cc1ccnc(OC)c1. The molecule has 1 aromatic heterocycles. The van der Waals surface area contributed by atoms with Gasteiger partial charge in [0.2, 0.25) is 5.88 Å². The third kappa shape index (κ3) is 2.81. The van der Waals surface area contributed by atoms with Crippen molar-refractivity contribution >= 4 is 0 Å². The number of pyridine rings is 1. The highest BCUT2D eigenvalue weighted by atomic mass is 16.5. The van der Waals surface area contributed by atoms with Gasteiger partial charge in [-0.05, 0) is 44.4 Å². The van der Waals surface area contributed by atoms with Crippen LogP contribution in [0, 0.1) is 0 Å². The summed E-state index contributed by atoms with van der Waals surface area (Å²) >= 11 is 0. The Morgan fingerprint density at radius 2 is 2.10 bits per heavy atom. The number of ether oxygens (including phenoxy) is 1. The molecule has 3 heterocycles. The number of piperidine rings is 2. The molecule has 2 saturated heterocycles. The van der Waals surface area contributed by atoms with Crippen molar-refractivity contribution in [1.82, 2.24) is 15.2 Å². The molecule has 0 amide bonds. The fraction of sp³-hybridized carbons (Fsp3) is 0.688. The second-order valence-electron chi connectivity index (χ2n) is 6.07. The van der Waals surface area contributed by atoms with Gasteiger partial charge in [-0.15, -0.1) is 0 Å². The third-order valence-electron chi connectivity index (χ3n) is 4.91. The van der Waals surface area contributed by atoms with Crippen LogP contribution in [-0.4, -0.2) is 42.2 Å².